The molecule has 1 atom stereocenters. The molecule has 4 heteroatoms. The van der Waals surface area contributed by atoms with Crippen LogP contribution in [0.1, 0.15) is 12.5 Å². The van der Waals surface area contributed by atoms with Crippen molar-refractivity contribution in [1.29, 1.82) is 5.26 Å². The van der Waals surface area contributed by atoms with Crippen LogP contribution in [0.5, 0.6) is 5.75 Å². The normalized spacial score (nSPS) is 11.6. The maximum absolute atomic E-state index is 8.91. The molecule has 1 aromatic rings. The van der Waals surface area contributed by atoms with E-state index in [1.54, 1.807) is 25.3 Å². The second kappa shape index (κ2) is 5.23. The smallest absolute Gasteiger partial charge is 0.121 e. The molecular formula is C11H14N2O2. The number of nitrogens with one attached hydrogen (secondary N) is 1. The van der Waals surface area contributed by atoms with E-state index in [-0.39, 0.29) is 12.6 Å². The fourth-order valence-corrected chi connectivity index (χ4v) is 1.18. The molecule has 0 radical (unpaired) electrons. The van der Waals surface area contributed by atoms with Gasteiger partial charge in [0, 0.05) is 12.1 Å². The fraction of sp³-hybridized carbons (Fsp3) is 0.364. The molecular weight excluding hydrogens is 192 g/mol. The van der Waals surface area contributed by atoms with E-state index in [9.17, 15) is 0 Å². The van der Waals surface area contributed by atoms with Gasteiger partial charge in [0.25, 0.3) is 0 Å². The van der Waals surface area contributed by atoms with Gasteiger partial charge in [0.1, 0.15) is 11.8 Å². The quantitative estimate of drug-likeness (QED) is 0.780. The van der Waals surface area contributed by atoms with Gasteiger partial charge in [-0.05, 0) is 19.1 Å². The van der Waals surface area contributed by atoms with Crippen molar-refractivity contribution in [3.63, 3.8) is 0 Å². The molecule has 1 aromatic carbocycles. The van der Waals surface area contributed by atoms with Crippen molar-refractivity contribution in [1.82, 2.24) is 0 Å². The molecule has 0 aliphatic carbocycles. The lowest BCUT2D eigenvalue weighted by Crippen LogP contribution is -2.19. The number of hydrogen-bond acceptors (Lipinski definition) is 4. The number of rotatable bonds is 4. The summed E-state index contributed by atoms with van der Waals surface area (Å²) in [6.45, 7) is 1.85. The predicted molar refractivity (Wildman–Crippen MR) is 57.9 cm³/mol. The summed E-state index contributed by atoms with van der Waals surface area (Å²) in [5.74, 6) is 0.682. The summed E-state index contributed by atoms with van der Waals surface area (Å²) >= 11 is 0. The second-order valence-corrected chi connectivity index (χ2v) is 3.25. The summed E-state index contributed by atoms with van der Waals surface area (Å²) in [5, 5.41) is 20.8. The number of hydrogen-bond donors (Lipinski definition) is 2. The van der Waals surface area contributed by atoms with Crippen LogP contribution in [0.4, 0.5) is 5.69 Å². The Bertz CT molecular complexity index is 371. The number of methoxy groups -OCH3 is 1. The van der Waals surface area contributed by atoms with E-state index in [2.05, 4.69) is 11.4 Å². The zero-order chi connectivity index (χ0) is 11.3. The zero-order valence-corrected chi connectivity index (χ0v) is 8.82. The number of aliphatic hydroxyl groups excluding tert-OH is 1. The van der Waals surface area contributed by atoms with Crippen LogP contribution in [-0.2, 0) is 0 Å². The van der Waals surface area contributed by atoms with Crippen LogP contribution in [0.3, 0.4) is 0 Å². The number of anilines is 1. The van der Waals surface area contributed by atoms with Crippen LogP contribution in [0.15, 0.2) is 18.2 Å². The van der Waals surface area contributed by atoms with Crippen LogP contribution in [0, 0.1) is 11.3 Å². The van der Waals surface area contributed by atoms with E-state index in [1.807, 2.05) is 6.92 Å². The first-order valence-corrected chi connectivity index (χ1v) is 4.66. The standard InChI is InChI=1S/C11H14N2O2/c1-8(7-14)13-11-5-10(15-2)4-3-9(11)6-12/h3-5,8,13-14H,7H2,1-2H3. The van der Waals surface area contributed by atoms with Crippen LogP contribution < -0.4 is 10.1 Å². The lowest BCUT2D eigenvalue weighted by Gasteiger charge is -2.14. The molecule has 1 unspecified atom stereocenters. The van der Waals surface area contributed by atoms with Crippen molar-refractivity contribution >= 4 is 5.69 Å². The second-order valence-electron chi connectivity index (χ2n) is 3.25. The van der Waals surface area contributed by atoms with Gasteiger partial charge in [-0.1, -0.05) is 0 Å². The van der Waals surface area contributed by atoms with Crippen LogP contribution in [-0.4, -0.2) is 24.9 Å². The minimum Gasteiger partial charge on any atom is -0.497 e. The van der Waals surface area contributed by atoms with Crippen LogP contribution in [0.2, 0.25) is 0 Å². The maximum Gasteiger partial charge on any atom is 0.121 e. The predicted octanol–water partition coefficient (Wildman–Crippen LogP) is 1.36. The summed E-state index contributed by atoms with van der Waals surface area (Å²) in [4.78, 5) is 0. The highest BCUT2D eigenvalue weighted by molar-refractivity contribution is 5.60. The number of benzene rings is 1. The summed E-state index contributed by atoms with van der Waals surface area (Å²) in [6, 6.07) is 7.14. The summed E-state index contributed by atoms with van der Waals surface area (Å²) in [7, 11) is 1.57. The Hall–Kier alpha value is -1.73. The molecule has 2 N–H and O–H groups in total. The number of ether oxygens (including phenoxy) is 1. The van der Waals surface area contributed by atoms with Gasteiger partial charge in [-0.25, -0.2) is 0 Å². The number of nitrogens with zero attached hydrogens (tertiary/aromatic N) is 1. The van der Waals surface area contributed by atoms with Gasteiger partial charge in [-0.2, -0.15) is 5.26 Å². The van der Waals surface area contributed by atoms with Crippen LogP contribution >= 0.6 is 0 Å². The van der Waals surface area contributed by atoms with Gasteiger partial charge in [0.2, 0.25) is 0 Å². The zero-order valence-electron chi connectivity index (χ0n) is 8.82. The molecule has 0 bridgehead atoms. The molecule has 0 aromatic heterocycles. The molecule has 0 aliphatic heterocycles. The van der Waals surface area contributed by atoms with Crippen molar-refractivity contribution in [3.8, 4) is 11.8 Å². The monoisotopic (exact) mass is 206 g/mol. The summed E-state index contributed by atoms with van der Waals surface area (Å²) < 4.78 is 5.06. The Labute approximate surface area is 89.1 Å². The molecule has 0 amide bonds. The van der Waals surface area contributed by atoms with Gasteiger partial charge in [0.15, 0.2) is 0 Å². The molecule has 4 nitrogen and oxygen atoms in total. The van der Waals surface area contributed by atoms with E-state index in [4.69, 9.17) is 15.1 Å². The molecule has 15 heavy (non-hydrogen) atoms. The molecule has 0 fully saturated rings. The van der Waals surface area contributed by atoms with E-state index < -0.39 is 0 Å². The third-order valence-corrected chi connectivity index (χ3v) is 2.02. The first-order chi connectivity index (χ1) is 7.21. The molecule has 0 spiro atoms. The highest BCUT2D eigenvalue weighted by atomic mass is 16.5. The van der Waals surface area contributed by atoms with Crippen molar-refractivity contribution in [2.75, 3.05) is 19.0 Å². The van der Waals surface area contributed by atoms with Crippen molar-refractivity contribution in [2.45, 2.75) is 13.0 Å². The fourth-order valence-electron chi connectivity index (χ4n) is 1.18. The van der Waals surface area contributed by atoms with Crippen molar-refractivity contribution in [2.24, 2.45) is 0 Å². The molecule has 0 saturated heterocycles. The summed E-state index contributed by atoms with van der Waals surface area (Å²) in [5.41, 5.74) is 1.22. The van der Waals surface area contributed by atoms with E-state index in [0.717, 1.165) is 0 Å². The van der Waals surface area contributed by atoms with Crippen molar-refractivity contribution in [3.05, 3.63) is 23.8 Å². The Balaban J connectivity index is 2.97. The van der Waals surface area contributed by atoms with Gasteiger partial charge in [0.05, 0.1) is 25.0 Å². The number of nitriles is 1. The SMILES string of the molecule is COc1ccc(C#N)c(NC(C)CO)c1. The van der Waals surface area contributed by atoms with Gasteiger partial charge in [-0.15, -0.1) is 0 Å². The first kappa shape index (κ1) is 11.3. The molecule has 0 aliphatic rings. The van der Waals surface area contributed by atoms with Crippen LogP contribution in [0.25, 0.3) is 0 Å². The lowest BCUT2D eigenvalue weighted by molar-refractivity contribution is 0.281. The largest absolute Gasteiger partial charge is 0.497 e. The van der Waals surface area contributed by atoms with Gasteiger partial charge >= 0.3 is 0 Å². The van der Waals surface area contributed by atoms with Gasteiger partial charge < -0.3 is 15.2 Å². The highest BCUT2D eigenvalue weighted by Crippen LogP contribution is 2.22. The van der Waals surface area contributed by atoms with E-state index >= 15 is 0 Å². The van der Waals surface area contributed by atoms with E-state index in [0.29, 0.717) is 17.0 Å². The average molecular weight is 206 g/mol. The average Bonchev–Trinajstić information content (AvgIpc) is 2.28. The molecule has 0 saturated carbocycles. The third-order valence-electron chi connectivity index (χ3n) is 2.02. The minimum absolute atomic E-state index is 0.0160. The molecule has 80 valence electrons. The van der Waals surface area contributed by atoms with E-state index in [1.165, 1.54) is 0 Å². The molecule has 0 heterocycles. The Kier molecular flexibility index (Phi) is 3.95. The van der Waals surface area contributed by atoms with Gasteiger partial charge in [-0.3, -0.25) is 0 Å². The Morgan fingerprint density at radius 3 is 2.87 bits per heavy atom. The molecule has 1 rings (SSSR count). The van der Waals surface area contributed by atoms with Crippen molar-refractivity contribution < 1.29 is 9.84 Å². The minimum atomic E-state index is -0.0933. The Morgan fingerprint density at radius 1 is 1.60 bits per heavy atom. The Morgan fingerprint density at radius 2 is 2.33 bits per heavy atom. The first-order valence-electron chi connectivity index (χ1n) is 4.66. The highest BCUT2D eigenvalue weighted by Gasteiger charge is 2.06. The summed E-state index contributed by atoms with van der Waals surface area (Å²) in [6.07, 6.45) is 0. The topological polar surface area (TPSA) is 65.3 Å². The number of aliphatic hydroxyl groups is 1. The third kappa shape index (κ3) is 2.86. The lowest BCUT2D eigenvalue weighted by atomic mass is 10.1. The maximum atomic E-state index is 8.91.